The van der Waals surface area contributed by atoms with E-state index in [0.717, 1.165) is 38.8 Å². The van der Waals surface area contributed by atoms with Gasteiger partial charge in [-0.1, -0.05) is 6.92 Å². The van der Waals surface area contributed by atoms with Crippen molar-refractivity contribution < 1.29 is 19.1 Å². The summed E-state index contributed by atoms with van der Waals surface area (Å²) in [5.74, 6) is -0.666. The van der Waals surface area contributed by atoms with Gasteiger partial charge < -0.3 is 9.47 Å². The van der Waals surface area contributed by atoms with Crippen molar-refractivity contribution in [2.45, 2.75) is 46.6 Å². The first-order valence-electron chi connectivity index (χ1n) is 9.86. The standard InChI is InChI=1S/C22H24BrN3O4/c1-4-17-6-8-20-22(15-10-16(23)12-24-11-15)18(7-9-21(28)29-5-2)19(25-26(17)20)13-30-14(3)27/h6,8,10-12H,4-5,7,9,13H2,1-3H3. The maximum absolute atomic E-state index is 12.1. The Morgan fingerprint density at radius 1 is 1.17 bits per heavy atom. The summed E-state index contributed by atoms with van der Waals surface area (Å²) in [5, 5.41) is 4.77. The Morgan fingerprint density at radius 2 is 1.97 bits per heavy atom. The number of ether oxygens (including phenoxy) is 2. The third kappa shape index (κ3) is 4.87. The van der Waals surface area contributed by atoms with Crippen molar-refractivity contribution in [1.29, 1.82) is 0 Å². The van der Waals surface area contributed by atoms with Gasteiger partial charge in [0.25, 0.3) is 0 Å². The van der Waals surface area contributed by atoms with Gasteiger partial charge in [-0.3, -0.25) is 14.6 Å². The monoisotopic (exact) mass is 473 g/mol. The minimum atomic E-state index is -0.387. The van der Waals surface area contributed by atoms with Crippen molar-refractivity contribution >= 4 is 33.4 Å². The maximum Gasteiger partial charge on any atom is 0.306 e. The summed E-state index contributed by atoms with van der Waals surface area (Å²) in [6.07, 6.45) is 4.91. The Labute approximate surface area is 183 Å². The van der Waals surface area contributed by atoms with Crippen molar-refractivity contribution in [3.63, 3.8) is 0 Å². The largest absolute Gasteiger partial charge is 0.466 e. The van der Waals surface area contributed by atoms with Gasteiger partial charge >= 0.3 is 11.9 Å². The molecule has 3 aromatic heterocycles. The first-order chi connectivity index (χ1) is 14.4. The lowest BCUT2D eigenvalue weighted by atomic mass is 9.96. The van der Waals surface area contributed by atoms with Crippen LogP contribution in [0.25, 0.3) is 16.6 Å². The molecule has 3 heterocycles. The van der Waals surface area contributed by atoms with Crippen LogP contribution in [0, 0.1) is 0 Å². The molecule has 0 aliphatic carbocycles. The van der Waals surface area contributed by atoms with Crippen molar-refractivity contribution in [2.75, 3.05) is 6.61 Å². The molecule has 30 heavy (non-hydrogen) atoms. The molecule has 0 aliphatic heterocycles. The van der Waals surface area contributed by atoms with Crippen LogP contribution < -0.4 is 0 Å². The zero-order valence-corrected chi connectivity index (χ0v) is 18.9. The van der Waals surface area contributed by atoms with E-state index in [1.807, 2.05) is 22.7 Å². The topological polar surface area (TPSA) is 82.8 Å². The van der Waals surface area contributed by atoms with Crippen molar-refractivity contribution in [3.8, 4) is 11.1 Å². The first kappa shape index (κ1) is 22.0. The van der Waals surface area contributed by atoms with Gasteiger partial charge in [-0.15, -0.1) is 0 Å². The van der Waals surface area contributed by atoms with Gasteiger partial charge in [0.05, 0.1) is 12.1 Å². The molecule has 158 valence electrons. The molecule has 0 spiro atoms. The van der Waals surface area contributed by atoms with Gasteiger partial charge in [-0.25, -0.2) is 4.52 Å². The molecule has 0 N–H and O–H groups in total. The molecule has 3 aromatic rings. The second-order valence-electron chi connectivity index (χ2n) is 6.75. The Hall–Kier alpha value is -2.74. The van der Waals surface area contributed by atoms with Gasteiger partial charge in [0, 0.05) is 47.0 Å². The molecular weight excluding hydrogens is 450 g/mol. The van der Waals surface area contributed by atoms with E-state index in [1.54, 1.807) is 19.3 Å². The van der Waals surface area contributed by atoms with Crippen LogP contribution in [0.1, 0.15) is 44.1 Å². The van der Waals surface area contributed by atoms with E-state index in [-0.39, 0.29) is 25.0 Å². The number of aryl methyl sites for hydroxylation is 1. The molecular formula is C22H24BrN3O4. The van der Waals surface area contributed by atoms with Crippen LogP contribution in [0.15, 0.2) is 35.1 Å². The minimum absolute atomic E-state index is 0.0270. The van der Waals surface area contributed by atoms with Gasteiger partial charge in [0.15, 0.2) is 0 Å². The number of esters is 2. The van der Waals surface area contributed by atoms with Crippen LogP contribution in [0.5, 0.6) is 0 Å². The quantitative estimate of drug-likeness (QED) is 0.454. The Bertz CT molecular complexity index is 1080. The average molecular weight is 474 g/mol. The number of hydrogen-bond donors (Lipinski definition) is 0. The lowest BCUT2D eigenvalue weighted by Gasteiger charge is -2.17. The molecule has 0 saturated carbocycles. The first-order valence-corrected chi connectivity index (χ1v) is 10.7. The molecule has 0 amide bonds. The number of carbonyl (C=O) groups is 2. The van der Waals surface area contributed by atoms with E-state index >= 15 is 0 Å². The fourth-order valence-corrected chi connectivity index (χ4v) is 3.78. The molecule has 0 aromatic carbocycles. The van der Waals surface area contributed by atoms with Crippen molar-refractivity contribution in [3.05, 3.63) is 52.0 Å². The highest BCUT2D eigenvalue weighted by molar-refractivity contribution is 9.10. The molecule has 0 unspecified atom stereocenters. The van der Waals surface area contributed by atoms with E-state index in [2.05, 4.69) is 27.8 Å². The summed E-state index contributed by atoms with van der Waals surface area (Å²) in [6.45, 7) is 5.56. The van der Waals surface area contributed by atoms with E-state index in [0.29, 0.717) is 18.7 Å². The summed E-state index contributed by atoms with van der Waals surface area (Å²) >= 11 is 3.49. The van der Waals surface area contributed by atoms with E-state index in [1.165, 1.54) is 6.92 Å². The van der Waals surface area contributed by atoms with Gasteiger partial charge in [0.2, 0.25) is 0 Å². The number of pyridine rings is 1. The van der Waals surface area contributed by atoms with Gasteiger partial charge in [-0.05, 0) is 59.5 Å². The highest BCUT2D eigenvalue weighted by atomic mass is 79.9. The Balaban J connectivity index is 2.22. The summed E-state index contributed by atoms with van der Waals surface area (Å²) in [4.78, 5) is 27.8. The lowest BCUT2D eigenvalue weighted by molar-refractivity contribution is -0.144. The summed E-state index contributed by atoms with van der Waals surface area (Å²) < 4.78 is 13.1. The van der Waals surface area contributed by atoms with E-state index in [9.17, 15) is 9.59 Å². The number of aromatic nitrogens is 3. The fraction of sp³-hybridized carbons (Fsp3) is 0.364. The van der Waals surface area contributed by atoms with Crippen LogP contribution in [-0.2, 0) is 38.5 Å². The van der Waals surface area contributed by atoms with E-state index < -0.39 is 0 Å². The number of rotatable bonds is 8. The molecule has 0 radical (unpaired) electrons. The Kier molecular flexibility index (Phi) is 7.20. The third-order valence-corrected chi connectivity index (χ3v) is 5.15. The highest BCUT2D eigenvalue weighted by Gasteiger charge is 2.21. The van der Waals surface area contributed by atoms with Crippen LogP contribution in [0.2, 0.25) is 0 Å². The van der Waals surface area contributed by atoms with Crippen molar-refractivity contribution in [1.82, 2.24) is 14.6 Å². The molecule has 0 bridgehead atoms. The predicted octanol–water partition coefficient (Wildman–Crippen LogP) is 4.28. The van der Waals surface area contributed by atoms with E-state index in [4.69, 9.17) is 14.6 Å². The third-order valence-electron chi connectivity index (χ3n) is 4.71. The lowest BCUT2D eigenvalue weighted by Crippen LogP contribution is -2.13. The number of hydrogen-bond acceptors (Lipinski definition) is 6. The number of nitrogens with zero attached hydrogens (tertiary/aromatic N) is 3. The van der Waals surface area contributed by atoms with Crippen LogP contribution in [0.4, 0.5) is 0 Å². The summed E-state index contributed by atoms with van der Waals surface area (Å²) in [5.41, 5.74) is 5.22. The molecule has 7 nitrogen and oxygen atoms in total. The van der Waals surface area contributed by atoms with Gasteiger partial charge in [0.1, 0.15) is 12.3 Å². The molecule has 0 saturated heterocycles. The summed E-state index contributed by atoms with van der Waals surface area (Å²) in [7, 11) is 0. The second-order valence-corrected chi connectivity index (χ2v) is 7.67. The zero-order valence-electron chi connectivity index (χ0n) is 17.3. The Morgan fingerprint density at radius 3 is 2.63 bits per heavy atom. The fourth-order valence-electron chi connectivity index (χ4n) is 3.41. The number of carbonyl (C=O) groups excluding carboxylic acids is 2. The van der Waals surface area contributed by atoms with Gasteiger partial charge in [-0.2, -0.15) is 5.10 Å². The smallest absolute Gasteiger partial charge is 0.306 e. The maximum atomic E-state index is 12.1. The van der Waals surface area contributed by atoms with Crippen LogP contribution >= 0.6 is 15.9 Å². The normalized spacial score (nSPS) is 10.9. The number of fused-ring (bicyclic) bond motifs is 1. The van der Waals surface area contributed by atoms with Crippen molar-refractivity contribution in [2.24, 2.45) is 0 Å². The van der Waals surface area contributed by atoms with Crippen LogP contribution in [0.3, 0.4) is 0 Å². The zero-order chi connectivity index (χ0) is 21.7. The highest BCUT2D eigenvalue weighted by Crippen LogP contribution is 2.33. The molecule has 3 rings (SSSR count). The molecule has 0 fully saturated rings. The minimum Gasteiger partial charge on any atom is -0.466 e. The molecule has 8 heteroatoms. The predicted molar refractivity (Wildman–Crippen MR) is 116 cm³/mol. The SMILES string of the molecule is CCOC(=O)CCc1c(COC(C)=O)nn2c(CC)ccc2c1-c1cncc(Br)c1. The van der Waals surface area contributed by atoms with Crippen LogP contribution in [-0.4, -0.2) is 33.1 Å². The molecule has 0 atom stereocenters. The number of halogens is 1. The summed E-state index contributed by atoms with van der Waals surface area (Å²) in [6, 6.07) is 6.03. The molecule has 0 aliphatic rings. The second kappa shape index (κ2) is 9.84. The average Bonchev–Trinajstić information content (AvgIpc) is 3.12.